The van der Waals surface area contributed by atoms with Crippen LogP contribution in [-0.4, -0.2) is 54.0 Å². The molecule has 0 saturated carbocycles. The van der Waals surface area contributed by atoms with Gasteiger partial charge < -0.3 is 20.9 Å². The predicted octanol–water partition coefficient (Wildman–Crippen LogP) is 4.28. The van der Waals surface area contributed by atoms with E-state index in [9.17, 15) is 22.4 Å². The summed E-state index contributed by atoms with van der Waals surface area (Å²) in [6, 6.07) is 7.28. The van der Waals surface area contributed by atoms with Crippen molar-refractivity contribution in [3.8, 4) is 11.1 Å². The van der Waals surface area contributed by atoms with Crippen molar-refractivity contribution in [1.29, 1.82) is 0 Å². The minimum absolute atomic E-state index is 0.0372. The van der Waals surface area contributed by atoms with Gasteiger partial charge in [0.05, 0.1) is 22.5 Å². The fourth-order valence-electron chi connectivity index (χ4n) is 4.03. The second-order valence-corrected chi connectivity index (χ2v) is 8.56. The van der Waals surface area contributed by atoms with Crippen molar-refractivity contribution in [2.45, 2.75) is 18.6 Å². The molecule has 3 N–H and O–H groups in total. The molecule has 0 bridgehead atoms. The van der Waals surface area contributed by atoms with Gasteiger partial charge in [0.25, 0.3) is 5.91 Å². The van der Waals surface area contributed by atoms with Crippen LogP contribution in [-0.2, 0) is 6.18 Å². The molecule has 11 heteroatoms. The van der Waals surface area contributed by atoms with Crippen LogP contribution in [0.15, 0.2) is 48.8 Å². The zero-order chi connectivity index (χ0) is 25.3. The Morgan fingerprint density at radius 3 is 2.46 bits per heavy atom. The Hall–Kier alpha value is -3.73. The topological polar surface area (TPSA) is 87.4 Å². The van der Waals surface area contributed by atoms with Gasteiger partial charge in [0.15, 0.2) is 0 Å². The number of hydrogen-bond donors (Lipinski definition) is 2. The molecule has 0 aliphatic carbocycles. The highest BCUT2D eigenvalue weighted by atomic mass is 19.4. The second-order valence-electron chi connectivity index (χ2n) is 8.56. The van der Waals surface area contributed by atoms with Gasteiger partial charge in [-0.3, -0.25) is 4.79 Å². The number of halogens is 4. The van der Waals surface area contributed by atoms with Crippen LogP contribution in [0, 0.1) is 5.82 Å². The third-order valence-corrected chi connectivity index (χ3v) is 6.02. The molecule has 1 aromatic heterocycles. The fraction of sp³-hybridized carbons (Fsp3) is 0.292. The van der Waals surface area contributed by atoms with Gasteiger partial charge in [-0.25, -0.2) is 14.4 Å². The standard InChI is InChI=1S/C24H24F4N6O/c1-33(2)17-7-8-34(13-17)21-6-4-16(24(26,27)28)10-20(21)32-22(35)18-9-14(3-5-19(18)25)15-11-30-23(29)31-12-15/h3-6,9-12,17H,7-8,13H2,1-2H3,(H,32,35)(H2,29,30,31)/t17-/m0/s1. The summed E-state index contributed by atoms with van der Waals surface area (Å²) in [5.74, 6) is -1.63. The fourth-order valence-corrected chi connectivity index (χ4v) is 4.03. The van der Waals surface area contributed by atoms with Crippen LogP contribution >= 0.6 is 0 Å². The van der Waals surface area contributed by atoms with Crippen LogP contribution < -0.4 is 16.0 Å². The second kappa shape index (κ2) is 9.49. The van der Waals surface area contributed by atoms with Crippen molar-refractivity contribution in [2.75, 3.05) is 43.1 Å². The van der Waals surface area contributed by atoms with Crippen LogP contribution in [0.1, 0.15) is 22.3 Å². The lowest BCUT2D eigenvalue weighted by atomic mass is 10.0. The van der Waals surface area contributed by atoms with E-state index in [1.807, 2.05) is 23.9 Å². The number of nitrogen functional groups attached to an aromatic ring is 1. The maximum atomic E-state index is 14.6. The van der Waals surface area contributed by atoms with E-state index in [0.717, 1.165) is 24.6 Å². The summed E-state index contributed by atoms with van der Waals surface area (Å²) >= 11 is 0. The summed E-state index contributed by atoms with van der Waals surface area (Å²) in [5.41, 5.74) is 5.62. The monoisotopic (exact) mass is 488 g/mol. The molecule has 1 atom stereocenters. The van der Waals surface area contributed by atoms with E-state index in [1.165, 1.54) is 30.6 Å². The molecule has 184 valence electrons. The number of hydrogen-bond acceptors (Lipinski definition) is 6. The predicted molar refractivity (Wildman–Crippen MR) is 126 cm³/mol. The van der Waals surface area contributed by atoms with E-state index < -0.39 is 23.5 Å². The summed E-state index contributed by atoms with van der Waals surface area (Å²) in [5, 5.41) is 2.50. The smallest absolute Gasteiger partial charge is 0.368 e. The normalized spacial score (nSPS) is 16.1. The molecule has 1 aliphatic heterocycles. The molecule has 0 unspecified atom stereocenters. The Labute approximate surface area is 199 Å². The first-order valence-corrected chi connectivity index (χ1v) is 10.8. The van der Waals surface area contributed by atoms with Crippen LogP contribution in [0.25, 0.3) is 11.1 Å². The van der Waals surface area contributed by atoms with Gasteiger partial charge in [-0.15, -0.1) is 0 Å². The molecule has 1 aliphatic rings. The minimum atomic E-state index is -4.60. The molecule has 4 rings (SSSR count). The highest BCUT2D eigenvalue weighted by Gasteiger charge is 2.33. The Morgan fingerprint density at radius 1 is 1.11 bits per heavy atom. The number of amides is 1. The van der Waals surface area contributed by atoms with E-state index in [-0.39, 0.29) is 23.2 Å². The van der Waals surface area contributed by atoms with Crippen molar-refractivity contribution >= 4 is 23.2 Å². The quantitative estimate of drug-likeness (QED) is 0.522. The number of rotatable bonds is 5. The molecule has 7 nitrogen and oxygen atoms in total. The molecule has 35 heavy (non-hydrogen) atoms. The van der Waals surface area contributed by atoms with Gasteiger partial charge in [0.2, 0.25) is 5.95 Å². The maximum absolute atomic E-state index is 14.6. The average Bonchev–Trinajstić information content (AvgIpc) is 3.30. The zero-order valence-electron chi connectivity index (χ0n) is 19.1. The van der Waals surface area contributed by atoms with Crippen LogP contribution in [0.2, 0.25) is 0 Å². The van der Waals surface area contributed by atoms with Crippen molar-refractivity contribution in [2.24, 2.45) is 0 Å². The number of aromatic nitrogens is 2. The minimum Gasteiger partial charge on any atom is -0.368 e. The number of nitrogens with one attached hydrogen (secondary N) is 1. The van der Waals surface area contributed by atoms with Crippen molar-refractivity contribution in [3.63, 3.8) is 0 Å². The average molecular weight is 488 g/mol. The maximum Gasteiger partial charge on any atom is 0.416 e. The zero-order valence-corrected chi connectivity index (χ0v) is 19.1. The van der Waals surface area contributed by atoms with Gasteiger partial charge in [0, 0.05) is 37.1 Å². The van der Waals surface area contributed by atoms with E-state index in [2.05, 4.69) is 15.3 Å². The van der Waals surface area contributed by atoms with Crippen molar-refractivity contribution < 1.29 is 22.4 Å². The Bertz CT molecular complexity index is 1230. The Morgan fingerprint density at radius 2 is 1.83 bits per heavy atom. The number of carbonyl (C=O) groups excluding carboxylic acids is 1. The van der Waals surface area contributed by atoms with Crippen molar-refractivity contribution in [3.05, 3.63) is 65.7 Å². The van der Waals surface area contributed by atoms with Gasteiger partial charge in [0.1, 0.15) is 5.82 Å². The van der Waals surface area contributed by atoms with E-state index in [1.54, 1.807) is 0 Å². The number of nitrogens with zero attached hydrogens (tertiary/aromatic N) is 4. The summed E-state index contributed by atoms with van der Waals surface area (Å²) in [7, 11) is 3.87. The van der Waals surface area contributed by atoms with Gasteiger partial charge in [-0.05, 0) is 56.4 Å². The molecular weight excluding hydrogens is 464 g/mol. The van der Waals surface area contributed by atoms with E-state index in [0.29, 0.717) is 29.9 Å². The summed E-state index contributed by atoms with van der Waals surface area (Å²) in [6.07, 6.45) is -0.926. The Kier molecular flexibility index (Phi) is 6.62. The first kappa shape index (κ1) is 24.4. The van der Waals surface area contributed by atoms with Gasteiger partial charge in [-0.1, -0.05) is 6.07 Å². The molecular formula is C24H24F4N6O. The molecule has 1 amide bonds. The summed E-state index contributed by atoms with van der Waals surface area (Å²) < 4.78 is 54.9. The lowest BCUT2D eigenvalue weighted by molar-refractivity contribution is -0.137. The number of carbonyl (C=O) groups is 1. The lowest BCUT2D eigenvalue weighted by Gasteiger charge is -2.25. The lowest BCUT2D eigenvalue weighted by Crippen LogP contribution is -2.31. The van der Waals surface area contributed by atoms with Gasteiger partial charge >= 0.3 is 6.18 Å². The first-order valence-electron chi connectivity index (χ1n) is 10.8. The molecule has 2 aromatic carbocycles. The molecule has 1 saturated heterocycles. The number of anilines is 3. The summed E-state index contributed by atoms with van der Waals surface area (Å²) in [4.78, 5) is 24.8. The molecule has 2 heterocycles. The van der Waals surface area contributed by atoms with Crippen LogP contribution in [0.3, 0.4) is 0 Å². The van der Waals surface area contributed by atoms with Crippen LogP contribution in [0.4, 0.5) is 34.9 Å². The number of likely N-dealkylation sites (N-methyl/N-ethyl adjacent to an activating group) is 1. The SMILES string of the molecule is CN(C)[C@H]1CCN(c2ccc(C(F)(F)F)cc2NC(=O)c2cc(-c3cnc(N)nc3)ccc2F)C1. The summed E-state index contributed by atoms with van der Waals surface area (Å²) in [6.45, 7) is 1.19. The van der Waals surface area contributed by atoms with E-state index >= 15 is 0 Å². The number of benzene rings is 2. The third kappa shape index (κ3) is 5.35. The molecule has 0 spiro atoms. The van der Waals surface area contributed by atoms with E-state index in [4.69, 9.17) is 5.73 Å². The molecule has 0 radical (unpaired) electrons. The Balaban J connectivity index is 1.67. The highest BCUT2D eigenvalue weighted by molar-refractivity contribution is 6.06. The first-order chi connectivity index (χ1) is 16.5. The van der Waals surface area contributed by atoms with Crippen LogP contribution in [0.5, 0.6) is 0 Å². The molecule has 1 fully saturated rings. The largest absolute Gasteiger partial charge is 0.416 e. The molecule has 3 aromatic rings. The highest BCUT2D eigenvalue weighted by Crippen LogP contribution is 2.37. The van der Waals surface area contributed by atoms with Gasteiger partial charge in [-0.2, -0.15) is 13.2 Å². The van der Waals surface area contributed by atoms with Crippen molar-refractivity contribution in [1.82, 2.24) is 14.9 Å². The number of nitrogens with two attached hydrogens (primary N) is 1. The third-order valence-electron chi connectivity index (χ3n) is 6.02. The number of alkyl halides is 3.